The Balaban J connectivity index is 2.89. The maximum Gasteiger partial charge on any atom is 0.252 e. The first kappa shape index (κ1) is 13.1. The molecule has 1 amide bonds. The molecule has 1 rings (SSSR count). The van der Waals surface area contributed by atoms with Crippen LogP contribution in [0.3, 0.4) is 0 Å². The van der Waals surface area contributed by atoms with Crippen LogP contribution in [-0.2, 0) is 0 Å². The number of nitrogens with two attached hydrogens (primary N) is 1. The Labute approximate surface area is 109 Å². The Bertz CT molecular complexity index is 434. The number of hydrogen-bond acceptors (Lipinski definition) is 2. The molecule has 5 heteroatoms. The lowest BCUT2D eigenvalue weighted by molar-refractivity contribution is 0.0948. The average Bonchev–Trinajstić information content (AvgIpc) is 2.21. The van der Waals surface area contributed by atoms with Crippen LogP contribution < -0.4 is 11.1 Å². The van der Waals surface area contributed by atoms with Gasteiger partial charge in [-0.2, -0.15) is 0 Å². The van der Waals surface area contributed by atoms with E-state index in [1.54, 1.807) is 13.0 Å². The molecule has 0 radical (unpaired) electrons. The number of aryl methyl sites for hydroxylation is 1. The van der Waals surface area contributed by atoms with E-state index in [9.17, 15) is 4.79 Å². The largest absolute Gasteiger partial charge is 0.392 e. The predicted octanol–water partition coefficient (Wildman–Crippen LogP) is 2.16. The van der Waals surface area contributed by atoms with E-state index in [4.69, 9.17) is 18.0 Å². The monoisotopic (exact) mass is 300 g/mol. The number of benzene rings is 1. The van der Waals surface area contributed by atoms with Gasteiger partial charge in [0.1, 0.15) is 0 Å². The van der Waals surface area contributed by atoms with E-state index in [0.717, 1.165) is 10.0 Å². The molecule has 0 spiro atoms. The molecule has 0 aliphatic heterocycles. The van der Waals surface area contributed by atoms with Crippen molar-refractivity contribution in [1.82, 2.24) is 5.32 Å². The molecule has 1 aromatic rings. The van der Waals surface area contributed by atoms with Gasteiger partial charge in [-0.25, -0.2) is 0 Å². The van der Waals surface area contributed by atoms with Gasteiger partial charge in [0, 0.05) is 4.47 Å². The van der Waals surface area contributed by atoms with Gasteiger partial charge in [-0.3, -0.25) is 4.79 Å². The van der Waals surface area contributed by atoms with E-state index in [2.05, 4.69) is 21.2 Å². The molecule has 16 heavy (non-hydrogen) atoms. The standard InChI is InChI=1S/C11H13BrN2OS/c1-6-4-3-5-8(9(6)12)11(15)14-7(2)10(13)16/h3-5,7H,1-2H3,(H2,13,16)(H,14,15). The van der Waals surface area contributed by atoms with E-state index in [1.165, 1.54) is 0 Å². The first-order valence-electron chi connectivity index (χ1n) is 4.78. The Morgan fingerprint density at radius 1 is 1.56 bits per heavy atom. The molecular formula is C11H13BrN2OS. The van der Waals surface area contributed by atoms with E-state index < -0.39 is 0 Å². The second-order valence-electron chi connectivity index (χ2n) is 3.53. The van der Waals surface area contributed by atoms with Crippen LogP contribution >= 0.6 is 28.1 Å². The summed E-state index contributed by atoms with van der Waals surface area (Å²) in [7, 11) is 0. The fourth-order valence-electron chi connectivity index (χ4n) is 1.17. The predicted molar refractivity (Wildman–Crippen MR) is 72.6 cm³/mol. The molecule has 1 aromatic carbocycles. The highest BCUT2D eigenvalue weighted by atomic mass is 79.9. The van der Waals surface area contributed by atoms with Crippen molar-refractivity contribution in [2.24, 2.45) is 5.73 Å². The summed E-state index contributed by atoms with van der Waals surface area (Å²) in [5.41, 5.74) is 7.03. The van der Waals surface area contributed by atoms with E-state index in [-0.39, 0.29) is 16.9 Å². The number of carbonyl (C=O) groups excluding carboxylic acids is 1. The van der Waals surface area contributed by atoms with Crippen molar-refractivity contribution < 1.29 is 4.79 Å². The molecule has 0 bridgehead atoms. The molecule has 3 nitrogen and oxygen atoms in total. The smallest absolute Gasteiger partial charge is 0.252 e. The summed E-state index contributed by atoms with van der Waals surface area (Å²) in [4.78, 5) is 12.2. The molecule has 0 aliphatic rings. The van der Waals surface area contributed by atoms with E-state index in [1.807, 2.05) is 19.1 Å². The van der Waals surface area contributed by atoms with Gasteiger partial charge in [0.15, 0.2) is 0 Å². The minimum Gasteiger partial charge on any atom is -0.392 e. The molecule has 0 heterocycles. The third-order valence-electron chi connectivity index (χ3n) is 2.21. The minimum absolute atomic E-state index is 0.184. The topological polar surface area (TPSA) is 55.1 Å². The van der Waals surface area contributed by atoms with Crippen LogP contribution in [0.25, 0.3) is 0 Å². The maximum absolute atomic E-state index is 11.9. The highest BCUT2D eigenvalue weighted by Crippen LogP contribution is 2.20. The van der Waals surface area contributed by atoms with Gasteiger partial charge in [0.05, 0.1) is 16.6 Å². The normalized spacial score (nSPS) is 11.9. The van der Waals surface area contributed by atoms with Crippen LogP contribution in [0.2, 0.25) is 0 Å². The first-order valence-corrected chi connectivity index (χ1v) is 5.99. The van der Waals surface area contributed by atoms with Crippen LogP contribution in [0, 0.1) is 6.92 Å². The fourth-order valence-corrected chi connectivity index (χ4v) is 1.67. The summed E-state index contributed by atoms with van der Waals surface area (Å²) in [6.45, 7) is 3.68. The number of nitrogens with one attached hydrogen (secondary N) is 1. The van der Waals surface area contributed by atoms with Gasteiger partial charge >= 0.3 is 0 Å². The van der Waals surface area contributed by atoms with Crippen LogP contribution in [0.1, 0.15) is 22.8 Å². The summed E-state index contributed by atoms with van der Waals surface area (Å²) in [5.74, 6) is -0.184. The van der Waals surface area contributed by atoms with Crippen LogP contribution in [0.5, 0.6) is 0 Å². The van der Waals surface area contributed by atoms with Crippen molar-refractivity contribution in [3.05, 3.63) is 33.8 Å². The number of hydrogen-bond donors (Lipinski definition) is 2. The second-order valence-corrected chi connectivity index (χ2v) is 4.80. The number of amides is 1. The van der Waals surface area contributed by atoms with Gasteiger partial charge in [-0.15, -0.1) is 0 Å². The Kier molecular flexibility index (Phi) is 4.44. The van der Waals surface area contributed by atoms with Gasteiger partial charge < -0.3 is 11.1 Å². The number of thiocarbonyl (C=S) groups is 1. The molecule has 0 saturated carbocycles. The average molecular weight is 301 g/mol. The van der Waals surface area contributed by atoms with Crippen molar-refractivity contribution >= 4 is 39.0 Å². The fraction of sp³-hybridized carbons (Fsp3) is 0.273. The van der Waals surface area contributed by atoms with Gasteiger partial charge in [-0.05, 0) is 41.4 Å². The minimum atomic E-state index is -0.310. The van der Waals surface area contributed by atoms with Crippen molar-refractivity contribution in [1.29, 1.82) is 0 Å². The third-order valence-corrected chi connectivity index (χ3v) is 3.62. The van der Waals surface area contributed by atoms with Gasteiger partial charge in [0.2, 0.25) is 0 Å². The quantitative estimate of drug-likeness (QED) is 0.841. The zero-order valence-corrected chi connectivity index (χ0v) is 11.5. The number of rotatable bonds is 3. The zero-order valence-electron chi connectivity index (χ0n) is 9.08. The molecular weight excluding hydrogens is 288 g/mol. The lowest BCUT2D eigenvalue weighted by Gasteiger charge is -2.13. The molecule has 3 N–H and O–H groups in total. The van der Waals surface area contributed by atoms with Crippen molar-refractivity contribution in [3.8, 4) is 0 Å². The molecule has 0 aromatic heterocycles. The molecule has 0 aliphatic carbocycles. The molecule has 0 fully saturated rings. The Hall–Kier alpha value is -0.940. The Morgan fingerprint density at radius 2 is 2.19 bits per heavy atom. The highest BCUT2D eigenvalue weighted by molar-refractivity contribution is 9.10. The number of halogens is 1. The lowest BCUT2D eigenvalue weighted by atomic mass is 10.1. The summed E-state index contributed by atoms with van der Waals surface area (Å²) in [6.07, 6.45) is 0. The van der Waals surface area contributed by atoms with Crippen LogP contribution in [0.4, 0.5) is 0 Å². The van der Waals surface area contributed by atoms with Gasteiger partial charge in [0.25, 0.3) is 5.91 Å². The third kappa shape index (κ3) is 3.02. The number of carbonyl (C=O) groups is 1. The second kappa shape index (κ2) is 5.41. The first-order chi connectivity index (χ1) is 7.43. The summed E-state index contributed by atoms with van der Waals surface area (Å²) >= 11 is 8.18. The van der Waals surface area contributed by atoms with Crippen LogP contribution in [0.15, 0.2) is 22.7 Å². The molecule has 86 valence electrons. The Morgan fingerprint density at radius 3 is 2.75 bits per heavy atom. The summed E-state index contributed by atoms with van der Waals surface area (Å²) in [6, 6.07) is 5.20. The van der Waals surface area contributed by atoms with Crippen LogP contribution in [-0.4, -0.2) is 16.9 Å². The zero-order chi connectivity index (χ0) is 12.3. The lowest BCUT2D eigenvalue weighted by Crippen LogP contribution is -2.41. The van der Waals surface area contributed by atoms with Crippen molar-refractivity contribution in [3.63, 3.8) is 0 Å². The van der Waals surface area contributed by atoms with Crippen molar-refractivity contribution in [2.45, 2.75) is 19.9 Å². The van der Waals surface area contributed by atoms with Crippen molar-refractivity contribution in [2.75, 3.05) is 0 Å². The highest BCUT2D eigenvalue weighted by Gasteiger charge is 2.14. The molecule has 1 atom stereocenters. The summed E-state index contributed by atoms with van der Waals surface area (Å²) in [5, 5.41) is 2.73. The maximum atomic E-state index is 11.9. The SMILES string of the molecule is Cc1cccc(C(=O)NC(C)C(N)=S)c1Br. The van der Waals surface area contributed by atoms with E-state index in [0.29, 0.717) is 5.56 Å². The van der Waals surface area contributed by atoms with E-state index >= 15 is 0 Å². The van der Waals surface area contributed by atoms with Gasteiger partial charge in [-0.1, -0.05) is 24.4 Å². The molecule has 0 saturated heterocycles. The summed E-state index contributed by atoms with van der Waals surface area (Å²) < 4.78 is 0.794. The molecule has 1 unspecified atom stereocenters.